The normalized spacial score (nSPS) is 22.4. The smallest absolute Gasteiger partial charge is 0.253 e. The molecule has 2 fully saturated rings. The molecule has 130 valence electrons. The van der Waals surface area contributed by atoms with Gasteiger partial charge in [0, 0.05) is 24.7 Å². The van der Waals surface area contributed by atoms with Gasteiger partial charge in [0.05, 0.1) is 0 Å². The number of hydrogen-bond acceptors (Lipinski definition) is 4. The van der Waals surface area contributed by atoms with Crippen molar-refractivity contribution in [3.8, 4) is 11.5 Å². The number of nitrogens with zero attached hydrogens (tertiary/aromatic N) is 2. The Balaban J connectivity index is 1.37. The van der Waals surface area contributed by atoms with Gasteiger partial charge in [0.1, 0.15) is 13.2 Å². The van der Waals surface area contributed by atoms with Gasteiger partial charge in [-0.2, -0.15) is 0 Å². The molecule has 0 aromatic heterocycles. The van der Waals surface area contributed by atoms with Crippen molar-refractivity contribution in [1.29, 1.82) is 0 Å². The van der Waals surface area contributed by atoms with Gasteiger partial charge in [-0.3, -0.25) is 4.79 Å². The van der Waals surface area contributed by atoms with Crippen LogP contribution in [0.4, 0.5) is 0 Å². The maximum Gasteiger partial charge on any atom is 0.253 e. The number of rotatable bonds is 2. The summed E-state index contributed by atoms with van der Waals surface area (Å²) in [5.74, 6) is 1.54. The molecule has 1 aromatic rings. The Morgan fingerprint density at radius 3 is 2.38 bits per heavy atom. The molecule has 1 aromatic carbocycles. The SMILES string of the molecule is O=C(c1ccc2c(c1)OCCO2)N1CCC(N2CCCCC2)CC1. The second-order valence-electron chi connectivity index (χ2n) is 6.98. The van der Waals surface area contributed by atoms with Crippen molar-refractivity contribution >= 4 is 5.91 Å². The Labute approximate surface area is 143 Å². The van der Waals surface area contributed by atoms with E-state index in [0.29, 0.717) is 30.6 Å². The summed E-state index contributed by atoms with van der Waals surface area (Å²) in [6.07, 6.45) is 6.22. The molecule has 0 atom stereocenters. The number of carbonyl (C=O) groups excluding carboxylic acids is 1. The monoisotopic (exact) mass is 330 g/mol. The highest BCUT2D eigenvalue weighted by Gasteiger charge is 2.28. The summed E-state index contributed by atoms with van der Waals surface area (Å²) in [7, 11) is 0. The quantitative estimate of drug-likeness (QED) is 0.836. The van der Waals surface area contributed by atoms with Gasteiger partial charge in [0.15, 0.2) is 11.5 Å². The van der Waals surface area contributed by atoms with Crippen molar-refractivity contribution in [2.45, 2.75) is 38.1 Å². The molecule has 3 aliphatic rings. The number of hydrogen-bond donors (Lipinski definition) is 0. The summed E-state index contributed by atoms with van der Waals surface area (Å²) in [6, 6.07) is 6.19. The van der Waals surface area contributed by atoms with Gasteiger partial charge >= 0.3 is 0 Å². The van der Waals surface area contributed by atoms with Gasteiger partial charge in [-0.1, -0.05) is 6.42 Å². The van der Waals surface area contributed by atoms with Gasteiger partial charge in [0.2, 0.25) is 0 Å². The number of carbonyl (C=O) groups is 1. The van der Waals surface area contributed by atoms with Gasteiger partial charge in [-0.25, -0.2) is 0 Å². The molecule has 3 aliphatic heterocycles. The van der Waals surface area contributed by atoms with Gasteiger partial charge in [-0.15, -0.1) is 0 Å². The number of likely N-dealkylation sites (tertiary alicyclic amines) is 2. The van der Waals surface area contributed by atoms with Crippen molar-refractivity contribution in [3.63, 3.8) is 0 Å². The average molecular weight is 330 g/mol. The van der Waals surface area contributed by atoms with Gasteiger partial charge in [-0.05, 0) is 57.0 Å². The maximum absolute atomic E-state index is 12.8. The molecule has 1 amide bonds. The van der Waals surface area contributed by atoms with E-state index in [2.05, 4.69) is 4.90 Å². The number of piperidine rings is 2. The predicted molar refractivity (Wildman–Crippen MR) is 91.8 cm³/mol. The minimum atomic E-state index is 0.115. The summed E-state index contributed by atoms with van der Waals surface area (Å²) in [5.41, 5.74) is 0.704. The van der Waals surface area contributed by atoms with Crippen LogP contribution < -0.4 is 9.47 Å². The summed E-state index contributed by atoms with van der Waals surface area (Å²) in [6.45, 7) is 5.31. The van der Waals surface area contributed by atoms with Crippen molar-refractivity contribution < 1.29 is 14.3 Å². The van der Waals surface area contributed by atoms with E-state index in [1.807, 2.05) is 23.1 Å². The molecule has 24 heavy (non-hydrogen) atoms. The Morgan fingerprint density at radius 2 is 1.62 bits per heavy atom. The van der Waals surface area contributed by atoms with Crippen LogP contribution in [-0.2, 0) is 0 Å². The first-order valence-electron chi connectivity index (χ1n) is 9.24. The predicted octanol–water partition coefficient (Wildman–Crippen LogP) is 2.55. The van der Waals surface area contributed by atoms with Crippen LogP contribution in [-0.4, -0.2) is 61.1 Å². The molecule has 0 spiro atoms. The van der Waals surface area contributed by atoms with E-state index in [1.165, 1.54) is 32.4 Å². The summed E-state index contributed by atoms with van der Waals surface area (Å²) < 4.78 is 11.1. The molecule has 4 rings (SSSR count). The van der Waals surface area contributed by atoms with Crippen LogP contribution in [0.5, 0.6) is 11.5 Å². The molecule has 0 radical (unpaired) electrons. The third-order valence-corrected chi connectivity index (χ3v) is 5.45. The lowest BCUT2D eigenvalue weighted by Crippen LogP contribution is -2.48. The van der Waals surface area contributed by atoms with Crippen LogP contribution in [0.25, 0.3) is 0 Å². The lowest BCUT2D eigenvalue weighted by molar-refractivity contribution is 0.0589. The Morgan fingerprint density at radius 1 is 0.917 bits per heavy atom. The average Bonchev–Trinajstić information content (AvgIpc) is 2.68. The molecule has 5 nitrogen and oxygen atoms in total. The van der Waals surface area contributed by atoms with E-state index < -0.39 is 0 Å². The highest BCUT2D eigenvalue weighted by atomic mass is 16.6. The molecular formula is C19H26N2O3. The fourth-order valence-corrected chi connectivity index (χ4v) is 4.08. The molecule has 0 bridgehead atoms. The van der Waals surface area contributed by atoms with Crippen LogP contribution in [0.1, 0.15) is 42.5 Å². The topological polar surface area (TPSA) is 42.0 Å². The Bertz CT molecular complexity index is 590. The first-order valence-corrected chi connectivity index (χ1v) is 9.24. The lowest BCUT2D eigenvalue weighted by atomic mass is 9.99. The van der Waals surface area contributed by atoms with Crippen molar-refractivity contribution in [2.24, 2.45) is 0 Å². The van der Waals surface area contributed by atoms with Crippen LogP contribution in [0.2, 0.25) is 0 Å². The zero-order valence-electron chi connectivity index (χ0n) is 14.2. The number of amides is 1. The zero-order valence-corrected chi connectivity index (χ0v) is 14.2. The Hall–Kier alpha value is -1.75. The standard InChI is InChI=1S/C19H26N2O3/c22-19(15-4-5-17-18(14-15)24-13-12-23-17)21-10-6-16(7-11-21)20-8-2-1-3-9-20/h4-5,14,16H,1-3,6-13H2. The summed E-state index contributed by atoms with van der Waals surface area (Å²) in [5, 5.41) is 0. The van der Waals surface area contributed by atoms with Gasteiger partial charge in [0.25, 0.3) is 5.91 Å². The molecular weight excluding hydrogens is 304 g/mol. The highest BCUT2D eigenvalue weighted by molar-refractivity contribution is 5.95. The third-order valence-electron chi connectivity index (χ3n) is 5.45. The van der Waals surface area contributed by atoms with E-state index in [-0.39, 0.29) is 5.91 Å². The van der Waals surface area contributed by atoms with Crippen molar-refractivity contribution in [3.05, 3.63) is 23.8 Å². The molecule has 5 heteroatoms. The minimum absolute atomic E-state index is 0.115. The zero-order chi connectivity index (χ0) is 16.4. The van der Waals surface area contributed by atoms with Crippen LogP contribution in [0.15, 0.2) is 18.2 Å². The fourth-order valence-electron chi connectivity index (χ4n) is 4.08. The second-order valence-corrected chi connectivity index (χ2v) is 6.98. The molecule has 0 aliphatic carbocycles. The van der Waals surface area contributed by atoms with E-state index in [9.17, 15) is 4.79 Å². The number of fused-ring (bicyclic) bond motifs is 1. The van der Waals surface area contributed by atoms with Crippen LogP contribution >= 0.6 is 0 Å². The molecule has 3 heterocycles. The van der Waals surface area contributed by atoms with Crippen molar-refractivity contribution in [1.82, 2.24) is 9.80 Å². The first kappa shape index (κ1) is 15.8. The van der Waals surface area contributed by atoms with E-state index in [0.717, 1.165) is 31.7 Å². The van der Waals surface area contributed by atoms with Crippen LogP contribution in [0.3, 0.4) is 0 Å². The Kier molecular flexibility index (Phi) is 4.60. The number of benzene rings is 1. The first-order chi connectivity index (χ1) is 11.8. The van der Waals surface area contributed by atoms with Gasteiger partial charge < -0.3 is 19.3 Å². The third kappa shape index (κ3) is 3.22. The van der Waals surface area contributed by atoms with Crippen LogP contribution in [0, 0.1) is 0 Å². The lowest BCUT2D eigenvalue weighted by Gasteiger charge is -2.40. The second kappa shape index (κ2) is 7.01. The number of ether oxygens (including phenoxy) is 2. The van der Waals surface area contributed by atoms with E-state index in [1.54, 1.807) is 0 Å². The molecule has 0 N–H and O–H groups in total. The summed E-state index contributed by atoms with van der Waals surface area (Å²) >= 11 is 0. The molecule has 0 unspecified atom stereocenters. The van der Waals surface area contributed by atoms with E-state index in [4.69, 9.17) is 9.47 Å². The minimum Gasteiger partial charge on any atom is -0.486 e. The molecule has 2 saturated heterocycles. The van der Waals surface area contributed by atoms with E-state index >= 15 is 0 Å². The fraction of sp³-hybridized carbons (Fsp3) is 0.632. The molecule has 0 saturated carbocycles. The highest BCUT2D eigenvalue weighted by Crippen LogP contribution is 2.31. The largest absolute Gasteiger partial charge is 0.486 e. The maximum atomic E-state index is 12.8. The summed E-state index contributed by atoms with van der Waals surface area (Å²) in [4.78, 5) is 17.4. The van der Waals surface area contributed by atoms with Crippen molar-refractivity contribution in [2.75, 3.05) is 39.4 Å².